The maximum Gasteiger partial charge on any atom is 0.309 e. The standard InChI is InChI=1S/C25H30N2O5/c1-2-31-25(30)20-14-16-27(17-15-20)24(29)13-12-23(28)26-21-8-10-22(11-9-21)32-18-19-6-4-3-5-7-19/h3-11,20H,2,12-18H2,1H3,(H,26,28). The number of anilines is 1. The summed E-state index contributed by atoms with van der Waals surface area (Å²) < 4.78 is 10.8. The van der Waals surface area contributed by atoms with Crippen molar-refractivity contribution in [2.24, 2.45) is 5.92 Å². The van der Waals surface area contributed by atoms with E-state index in [1.807, 2.05) is 30.3 Å². The van der Waals surface area contributed by atoms with Gasteiger partial charge in [-0.05, 0) is 49.6 Å². The van der Waals surface area contributed by atoms with Crippen LogP contribution in [0, 0.1) is 5.92 Å². The van der Waals surface area contributed by atoms with Gasteiger partial charge in [-0.25, -0.2) is 0 Å². The van der Waals surface area contributed by atoms with E-state index in [-0.39, 0.29) is 36.5 Å². The molecule has 0 spiro atoms. The van der Waals surface area contributed by atoms with Crippen LogP contribution in [0.25, 0.3) is 0 Å². The molecule has 2 amide bonds. The molecule has 0 radical (unpaired) electrons. The van der Waals surface area contributed by atoms with E-state index in [4.69, 9.17) is 9.47 Å². The Kier molecular flexibility index (Phi) is 8.66. The lowest BCUT2D eigenvalue weighted by molar-refractivity contribution is -0.151. The minimum atomic E-state index is -0.210. The molecule has 0 atom stereocenters. The van der Waals surface area contributed by atoms with Crippen LogP contribution in [0.5, 0.6) is 5.75 Å². The zero-order valence-corrected chi connectivity index (χ0v) is 18.4. The maximum atomic E-state index is 12.4. The van der Waals surface area contributed by atoms with Crippen LogP contribution in [0.4, 0.5) is 5.69 Å². The van der Waals surface area contributed by atoms with Crippen LogP contribution in [0.1, 0.15) is 38.2 Å². The van der Waals surface area contributed by atoms with Crippen LogP contribution in [0.15, 0.2) is 54.6 Å². The van der Waals surface area contributed by atoms with Crippen molar-refractivity contribution in [1.29, 1.82) is 0 Å². The van der Waals surface area contributed by atoms with Gasteiger partial charge in [0, 0.05) is 31.6 Å². The van der Waals surface area contributed by atoms with Crippen molar-refractivity contribution in [2.75, 3.05) is 25.0 Å². The molecule has 0 saturated carbocycles. The first kappa shape index (κ1) is 23.3. The Labute approximate surface area is 188 Å². The molecule has 1 saturated heterocycles. The van der Waals surface area contributed by atoms with Crippen molar-refractivity contribution in [2.45, 2.75) is 39.2 Å². The normalized spacial score (nSPS) is 14.0. The third-order valence-electron chi connectivity index (χ3n) is 5.42. The van der Waals surface area contributed by atoms with Gasteiger partial charge in [0.1, 0.15) is 12.4 Å². The van der Waals surface area contributed by atoms with Crippen molar-refractivity contribution in [3.8, 4) is 5.75 Å². The zero-order valence-electron chi connectivity index (χ0n) is 18.4. The fraction of sp³-hybridized carbons (Fsp3) is 0.400. The second-order valence-electron chi connectivity index (χ2n) is 7.75. The third kappa shape index (κ3) is 7.11. The highest BCUT2D eigenvalue weighted by molar-refractivity contribution is 5.93. The predicted molar refractivity (Wildman–Crippen MR) is 121 cm³/mol. The van der Waals surface area contributed by atoms with Gasteiger partial charge < -0.3 is 19.7 Å². The molecule has 1 fully saturated rings. The van der Waals surface area contributed by atoms with Crippen molar-refractivity contribution in [1.82, 2.24) is 4.90 Å². The number of nitrogens with one attached hydrogen (secondary N) is 1. The fourth-order valence-electron chi connectivity index (χ4n) is 3.60. The van der Waals surface area contributed by atoms with Gasteiger partial charge in [-0.3, -0.25) is 14.4 Å². The van der Waals surface area contributed by atoms with E-state index in [2.05, 4.69) is 5.32 Å². The lowest BCUT2D eigenvalue weighted by atomic mass is 9.96. The van der Waals surface area contributed by atoms with Crippen LogP contribution >= 0.6 is 0 Å². The quantitative estimate of drug-likeness (QED) is 0.602. The smallest absolute Gasteiger partial charge is 0.309 e. The zero-order chi connectivity index (χ0) is 22.8. The van der Waals surface area contributed by atoms with Gasteiger partial charge >= 0.3 is 5.97 Å². The molecule has 1 aliphatic heterocycles. The number of hydrogen-bond acceptors (Lipinski definition) is 5. The van der Waals surface area contributed by atoms with E-state index < -0.39 is 0 Å². The van der Waals surface area contributed by atoms with Gasteiger partial charge in [0.2, 0.25) is 11.8 Å². The van der Waals surface area contributed by atoms with Crippen molar-refractivity contribution < 1.29 is 23.9 Å². The number of carbonyl (C=O) groups is 3. The van der Waals surface area contributed by atoms with Crippen LogP contribution in [-0.2, 0) is 25.7 Å². The van der Waals surface area contributed by atoms with Gasteiger partial charge in [-0.1, -0.05) is 30.3 Å². The van der Waals surface area contributed by atoms with Gasteiger partial charge in [0.05, 0.1) is 12.5 Å². The summed E-state index contributed by atoms with van der Waals surface area (Å²) in [5, 5.41) is 2.81. The summed E-state index contributed by atoms with van der Waals surface area (Å²) in [6.07, 6.45) is 1.47. The average molecular weight is 439 g/mol. The summed E-state index contributed by atoms with van der Waals surface area (Å²) in [6.45, 7) is 3.68. The average Bonchev–Trinajstić information content (AvgIpc) is 2.83. The van der Waals surface area contributed by atoms with Gasteiger partial charge in [0.15, 0.2) is 0 Å². The number of piperidine rings is 1. The van der Waals surface area contributed by atoms with Crippen LogP contribution in [0.3, 0.4) is 0 Å². The minimum absolute atomic E-state index is 0.0629. The SMILES string of the molecule is CCOC(=O)C1CCN(C(=O)CCC(=O)Nc2ccc(OCc3ccccc3)cc2)CC1. The highest BCUT2D eigenvalue weighted by Gasteiger charge is 2.28. The molecule has 7 nitrogen and oxygen atoms in total. The molecule has 1 N–H and O–H groups in total. The molecule has 0 aliphatic carbocycles. The number of likely N-dealkylation sites (tertiary alicyclic amines) is 1. The van der Waals surface area contributed by atoms with E-state index in [0.717, 1.165) is 5.56 Å². The highest BCUT2D eigenvalue weighted by atomic mass is 16.5. The molecule has 7 heteroatoms. The van der Waals surface area contributed by atoms with Gasteiger partial charge in [-0.2, -0.15) is 0 Å². The topological polar surface area (TPSA) is 84.9 Å². The van der Waals surface area contributed by atoms with Crippen molar-refractivity contribution in [3.05, 3.63) is 60.2 Å². The summed E-state index contributed by atoms with van der Waals surface area (Å²) >= 11 is 0. The van der Waals surface area contributed by atoms with Crippen molar-refractivity contribution >= 4 is 23.5 Å². The third-order valence-corrected chi connectivity index (χ3v) is 5.42. The minimum Gasteiger partial charge on any atom is -0.489 e. The molecule has 0 aromatic heterocycles. The predicted octanol–water partition coefficient (Wildman–Crippen LogP) is 3.79. The number of nitrogens with zero attached hydrogens (tertiary/aromatic N) is 1. The Bertz CT molecular complexity index is 890. The Morgan fingerprint density at radius 1 is 0.969 bits per heavy atom. The fourth-order valence-corrected chi connectivity index (χ4v) is 3.60. The van der Waals surface area contributed by atoms with Crippen molar-refractivity contribution in [3.63, 3.8) is 0 Å². The van der Waals surface area contributed by atoms with Gasteiger partial charge in [0.25, 0.3) is 0 Å². The maximum absolute atomic E-state index is 12.4. The Hall–Kier alpha value is -3.35. The summed E-state index contributed by atoms with van der Waals surface area (Å²) in [7, 11) is 0. The lowest BCUT2D eigenvalue weighted by Gasteiger charge is -2.30. The molecule has 0 bridgehead atoms. The van der Waals surface area contributed by atoms with Crippen LogP contribution < -0.4 is 10.1 Å². The summed E-state index contributed by atoms with van der Waals surface area (Å²) in [5.41, 5.74) is 1.74. The number of rotatable bonds is 9. The number of esters is 1. The van der Waals surface area contributed by atoms with E-state index in [9.17, 15) is 14.4 Å². The second-order valence-corrected chi connectivity index (χ2v) is 7.75. The monoisotopic (exact) mass is 438 g/mol. The van der Waals surface area contributed by atoms with Crippen LogP contribution in [0.2, 0.25) is 0 Å². The van der Waals surface area contributed by atoms with Gasteiger partial charge in [-0.15, -0.1) is 0 Å². The molecule has 2 aromatic carbocycles. The molecule has 170 valence electrons. The Balaban J connectivity index is 1.36. The Morgan fingerprint density at radius 2 is 1.66 bits per heavy atom. The molecule has 2 aromatic rings. The van der Waals surface area contributed by atoms with E-state index >= 15 is 0 Å². The second kappa shape index (κ2) is 11.9. The molecule has 3 rings (SSSR count). The largest absolute Gasteiger partial charge is 0.489 e. The van der Waals surface area contributed by atoms with E-state index in [1.165, 1.54) is 0 Å². The number of hydrogen-bond donors (Lipinski definition) is 1. The summed E-state index contributed by atoms with van der Waals surface area (Å²) in [4.78, 5) is 38.2. The van der Waals surface area contributed by atoms with Crippen LogP contribution in [-0.4, -0.2) is 42.4 Å². The molecule has 1 heterocycles. The first-order valence-electron chi connectivity index (χ1n) is 11.1. The number of amides is 2. The first-order chi connectivity index (χ1) is 15.5. The molecule has 0 unspecified atom stereocenters. The summed E-state index contributed by atoms with van der Waals surface area (Å²) in [6, 6.07) is 17.1. The molecule has 1 aliphatic rings. The number of benzene rings is 2. The summed E-state index contributed by atoms with van der Waals surface area (Å²) in [5.74, 6) is 0.121. The lowest BCUT2D eigenvalue weighted by Crippen LogP contribution is -2.40. The van der Waals surface area contributed by atoms with E-state index in [0.29, 0.717) is 50.6 Å². The first-order valence-corrected chi connectivity index (χ1v) is 11.1. The number of ether oxygens (including phenoxy) is 2. The molecular weight excluding hydrogens is 408 g/mol. The Morgan fingerprint density at radius 3 is 2.31 bits per heavy atom. The molecule has 32 heavy (non-hydrogen) atoms. The van der Waals surface area contributed by atoms with E-state index in [1.54, 1.807) is 36.1 Å². The number of carbonyl (C=O) groups excluding carboxylic acids is 3. The molecular formula is C25H30N2O5. The highest BCUT2D eigenvalue weighted by Crippen LogP contribution is 2.20.